The summed E-state index contributed by atoms with van der Waals surface area (Å²) in [5.41, 5.74) is 2.73. The molecule has 2 aromatic rings. The third kappa shape index (κ3) is 4.37. The number of hydrogen-bond acceptors (Lipinski definition) is 5. The molecule has 0 aromatic heterocycles. The molecule has 0 aliphatic heterocycles. The summed E-state index contributed by atoms with van der Waals surface area (Å²) in [6, 6.07) is 12.8. The summed E-state index contributed by atoms with van der Waals surface area (Å²) >= 11 is 0. The minimum Gasteiger partial charge on any atom is -0.494 e. The molecule has 1 amide bonds. The van der Waals surface area contributed by atoms with Gasteiger partial charge in [0.25, 0.3) is 11.6 Å². The topological polar surface area (TPSA) is 93.8 Å². The summed E-state index contributed by atoms with van der Waals surface area (Å²) < 4.78 is 5.32. The highest BCUT2D eigenvalue weighted by Gasteiger charge is 2.18. The highest BCUT2D eigenvalue weighted by atomic mass is 16.6. The van der Waals surface area contributed by atoms with Gasteiger partial charge in [0.05, 0.1) is 17.7 Å². The number of hydrogen-bond donors (Lipinski definition) is 1. The van der Waals surface area contributed by atoms with E-state index in [1.165, 1.54) is 24.4 Å². The number of benzene rings is 2. The molecule has 1 N–H and O–H groups in total. The lowest BCUT2D eigenvalue weighted by Crippen LogP contribution is -2.18. The molecule has 0 saturated carbocycles. The van der Waals surface area contributed by atoms with Gasteiger partial charge in [-0.15, -0.1) is 0 Å². The van der Waals surface area contributed by atoms with Crippen LogP contribution >= 0.6 is 0 Å². The van der Waals surface area contributed by atoms with Gasteiger partial charge in [-0.2, -0.15) is 5.10 Å². The highest BCUT2D eigenvalue weighted by molar-refractivity contribution is 5.98. The smallest absolute Gasteiger partial charge is 0.282 e. The number of carbonyl (C=O) groups is 1. The molecule has 23 heavy (non-hydrogen) atoms. The number of ether oxygens (including phenoxy) is 1. The summed E-state index contributed by atoms with van der Waals surface area (Å²) in [4.78, 5) is 22.2. The fourth-order valence-corrected chi connectivity index (χ4v) is 1.87. The first-order valence-electron chi connectivity index (χ1n) is 6.91. The first-order valence-corrected chi connectivity index (χ1v) is 6.91. The first kappa shape index (κ1) is 16.2. The van der Waals surface area contributed by atoms with Crippen molar-refractivity contribution < 1.29 is 14.5 Å². The van der Waals surface area contributed by atoms with Crippen molar-refractivity contribution in [1.82, 2.24) is 5.43 Å². The second-order valence-electron chi connectivity index (χ2n) is 4.48. The molecule has 0 radical (unpaired) electrons. The Bertz CT molecular complexity index is 726. The number of carbonyl (C=O) groups excluding carboxylic acids is 1. The Balaban J connectivity index is 2.03. The first-order chi connectivity index (χ1) is 11.1. The summed E-state index contributed by atoms with van der Waals surface area (Å²) in [5, 5.41) is 14.7. The highest BCUT2D eigenvalue weighted by Crippen LogP contribution is 2.17. The van der Waals surface area contributed by atoms with Crippen molar-refractivity contribution in [2.45, 2.75) is 6.92 Å². The Hall–Kier alpha value is -3.22. The van der Waals surface area contributed by atoms with Gasteiger partial charge in [-0.05, 0) is 42.8 Å². The molecule has 2 aromatic carbocycles. The van der Waals surface area contributed by atoms with Crippen molar-refractivity contribution in [1.29, 1.82) is 0 Å². The maximum Gasteiger partial charge on any atom is 0.282 e. The molecule has 0 unspecified atom stereocenters. The molecule has 0 aliphatic rings. The minimum atomic E-state index is -0.639. The normalized spacial score (nSPS) is 10.5. The van der Waals surface area contributed by atoms with Crippen molar-refractivity contribution in [3.05, 3.63) is 69.8 Å². The zero-order valence-corrected chi connectivity index (χ0v) is 12.4. The lowest BCUT2D eigenvalue weighted by molar-refractivity contribution is -0.385. The monoisotopic (exact) mass is 313 g/mol. The van der Waals surface area contributed by atoms with Crippen LogP contribution in [0.25, 0.3) is 0 Å². The van der Waals surface area contributed by atoms with E-state index in [2.05, 4.69) is 10.5 Å². The van der Waals surface area contributed by atoms with Gasteiger partial charge in [0.1, 0.15) is 11.3 Å². The van der Waals surface area contributed by atoms with Gasteiger partial charge in [0.2, 0.25) is 0 Å². The van der Waals surface area contributed by atoms with E-state index in [1.54, 1.807) is 30.3 Å². The van der Waals surface area contributed by atoms with Crippen LogP contribution in [-0.4, -0.2) is 23.7 Å². The number of amides is 1. The van der Waals surface area contributed by atoms with E-state index in [0.29, 0.717) is 6.61 Å². The zero-order valence-electron chi connectivity index (χ0n) is 12.4. The fourth-order valence-electron chi connectivity index (χ4n) is 1.87. The predicted molar refractivity (Wildman–Crippen MR) is 85.8 cm³/mol. The van der Waals surface area contributed by atoms with Gasteiger partial charge in [-0.25, -0.2) is 5.43 Å². The van der Waals surface area contributed by atoms with E-state index < -0.39 is 10.8 Å². The molecular formula is C16H15N3O4. The second kappa shape index (κ2) is 7.69. The third-order valence-corrected chi connectivity index (χ3v) is 2.92. The predicted octanol–water partition coefficient (Wildman–Crippen LogP) is 2.76. The quantitative estimate of drug-likeness (QED) is 0.504. The summed E-state index contributed by atoms with van der Waals surface area (Å²) in [6.07, 6.45) is 1.45. The number of rotatable bonds is 6. The van der Waals surface area contributed by atoms with Crippen LogP contribution in [0.4, 0.5) is 5.69 Å². The van der Waals surface area contributed by atoms with E-state index in [0.717, 1.165) is 11.3 Å². The van der Waals surface area contributed by atoms with Gasteiger partial charge in [-0.1, -0.05) is 12.1 Å². The minimum absolute atomic E-state index is 0.0404. The largest absolute Gasteiger partial charge is 0.494 e. The van der Waals surface area contributed by atoms with E-state index in [1.807, 2.05) is 6.92 Å². The van der Waals surface area contributed by atoms with Gasteiger partial charge in [-0.3, -0.25) is 14.9 Å². The fraction of sp³-hybridized carbons (Fsp3) is 0.125. The molecule has 0 heterocycles. The molecule has 0 fully saturated rings. The van der Waals surface area contributed by atoms with Crippen molar-refractivity contribution in [3.63, 3.8) is 0 Å². The summed E-state index contributed by atoms with van der Waals surface area (Å²) in [5.74, 6) is 0.105. The molecule has 7 nitrogen and oxygen atoms in total. The number of para-hydroxylation sites is 1. The van der Waals surface area contributed by atoms with Crippen LogP contribution in [0.1, 0.15) is 22.8 Å². The molecule has 0 bridgehead atoms. The van der Waals surface area contributed by atoms with E-state index in [4.69, 9.17) is 4.74 Å². The van der Waals surface area contributed by atoms with Crippen LogP contribution in [0.5, 0.6) is 5.75 Å². The van der Waals surface area contributed by atoms with E-state index in [-0.39, 0.29) is 11.3 Å². The van der Waals surface area contributed by atoms with Crippen molar-refractivity contribution in [2.75, 3.05) is 6.61 Å². The molecule has 7 heteroatoms. The van der Waals surface area contributed by atoms with Gasteiger partial charge >= 0.3 is 0 Å². The number of nitrogens with one attached hydrogen (secondary N) is 1. The lowest BCUT2D eigenvalue weighted by atomic mass is 10.2. The number of nitro benzene ring substituents is 1. The molecule has 2 rings (SSSR count). The maximum atomic E-state index is 12.0. The second-order valence-corrected chi connectivity index (χ2v) is 4.48. The Morgan fingerprint density at radius 1 is 1.26 bits per heavy atom. The van der Waals surface area contributed by atoms with Crippen molar-refractivity contribution in [3.8, 4) is 5.75 Å². The van der Waals surface area contributed by atoms with Crippen LogP contribution < -0.4 is 10.2 Å². The Labute approximate surface area is 132 Å². The number of nitro groups is 1. The van der Waals surface area contributed by atoms with E-state index in [9.17, 15) is 14.9 Å². The maximum absolute atomic E-state index is 12.0. The Kier molecular flexibility index (Phi) is 5.40. The van der Waals surface area contributed by atoms with Crippen LogP contribution in [-0.2, 0) is 0 Å². The SMILES string of the molecule is CCOc1ccc(/C=N/NC(=O)c2ccccc2[N+](=O)[O-])cc1. The summed E-state index contributed by atoms with van der Waals surface area (Å²) in [7, 11) is 0. The standard InChI is InChI=1S/C16H15N3O4/c1-2-23-13-9-7-12(8-10-13)11-17-18-16(20)14-5-3-4-6-15(14)19(21)22/h3-11H,2H2,1H3,(H,18,20)/b17-11+. The zero-order chi connectivity index (χ0) is 16.7. The van der Waals surface area contributed by atoms with Crippen LogP contribution in [0.2, 0.25) is 0 Å². The molecule has 0 atom stereocenters. The molecule has 0 saturated heterocycles. The molecule has 0 aliphatic carbocycles. The van der Waals surface area contributed by atoms with Crippen molar-refractivity contribution in [2.24, 2.45) is 5.10 Å². The van der Waals surface area contributed by atoms with Gasteiger partial charge in [0, 0.05) is 6.07 Å². The average molecular weight is 313 g/mol. The molecule has 0 spiro atoms. The Morgan fingerprint density at radius 2 is 1.96 bits per heavy atom. The van der Waals surface area contributed by atoms with Gasteiger partial charge < -0.3 is 4.74 Å². The number of nitrogens with zero attached hydrogens (tertiary/aromatic N) is 2. The molecule has 118 valence electrons. The Morgan fingerprint density at radius 3 is 2.61 bits per heavy atom. The van der Waals surface area contributed by atoms with E-state index >= 15 is 0 Å². The average Bonchev–Trinajstić information content (AvgIpc) is 2.56. The van der Waals surface area contributed by atoms with Crippen LogP contribution in [0.3, 0.4) is 0 Å². The van der Waals surface area contributed by atoms with Gasteiger partial charge in [0.15, 0.2) is 0 Å². The van der Waals surface area contributed by atoms with Crippen molar-refractivity contribution >= 4 is 17.8 Å². The van der Waals surface area contributed by atoms with Crippen LogP contribution in [0, 0.1) is 10.1 Å². The van der Waals surface area contributed by atoms with Crippen LogP contribution in [0.15, 0.2) is 53.6 Å². The number of hydrazone groups is 1. The molecular weight excluding hydrogens is 298 g/mol. The lowest BCUT2D eigenvalue weighted by Gasteiger charge is -2.02. The third-order valence-electron chi connectivity index (χ3n) is 2.92. The summed E-state index contributed by atoms with van der Waals surface area (Å²) in [6.45, 7) is 2.48.